The second-order valence-electron chi connectivity index (χ2n) is 5.51. The van der Waals surface area contributed by atoms with Crippen molar-refractivity contribution in [3.63, 3.8) is 0 Å². The number of anilines is 1. The Morgan fingerprint density at radius 1 is 1.39 bits per heavy atom. The number of nitrogens with one attached hydrogen (secondary N) is 1. The molecule has 1 heterocycles. The standard InChI is InChI=1S/C17H18ClFN2O2/c1-11(7-8-12-5-3-4-6-15(12)19)16(22)20-13-9-14(18)17(23)21(2)10-13/h3-6,9-11H,7-8H2,1-2H3,(H,20,22). The van der Waals surface area contributed by atoms with E-state index in [-0.39, 0.29) is 28.2 Å². The van der Waals surface area contributed by atoms with E-state index in [1.807, 2.05) is 0 Å². The molecule has 1 aromatic heterocycles. The van der Waals surface area contributed by atoms with Crippen molar-refractivity contribution in [2.75, 3.05) is 5.32 Å². The first-order valence-corrected chi connectivity index (χ1v) is 7.66. The van der Waals surface area contributed by atoms with Crippen LogP contribution in [0.5, 0.6) is 0 Å². The number of amides is 1. The molecule has 0 saturated carbocycles. The van der Waals surface area contributed by atoms with Gasteiger partial charge in [0.1, 0.15) is 10.8 Å². The Morgan fingerprint density at radius 2 is 2.09 bits per heavy atom. The number of hydrogen-bond donors (Lipinski definition) is 1. The number of carbonyl (C=O) groups is 1. The molecule has 1 aromatic carbocycles. The predicted octanol–water partition coefficient (Wildman–Crippen LogP) is 3.39. The van der Waals surface area contributed by atoms with Gasteiger partial charge >= 0.3 is 0 Å². The summed E-state index contributed by atoms with van der Waals surface area (Å²) in [6.07, 6.45) is 2.51. The van der Waals surface area contributed by atoms with E-state index in [0.717, 1.165) is 0 Å². The van der Waals surface area contributed by atoms with E-state index in [1.54, 1.807) is 32.2 Å². The van der Waals surface area contributed by atoms with Gasteiger partial charge in [-0.3, -0.25) is 9.59 Å². The van der Waals surface area contributed by atoms with Gasteiger partial charge in [-0.25, -0.2) is 4.39 Å². The number of pyridine rings is 1. The van der Waals surface area contributed by atoms with E-state index in [2.05, 4.69) is 5.32 Å². The maximum atomic E-state index is 13.6. The number of aromatic nitrogens is 1. The van der Waals surface area contributed by atoms with E-state index in [4.69, 9.17) is 11.6 Å². The first kappa shape index (κ1) is 17.2. The van der Waals surface area contributed by atoms with Crippen LogP contribution in [0.3, 0.4) is 0 Å². The minimum Gasteiger partial charge on any atom is -0.325 e. The van der Waals surface area contributed by atoms with Gasteiger partial charge in [0.25, 0.3) is 5.56 Å². The highest BCUT2D eigenvalue weighted by atomic mass is 35.5. The Labute approximate surface area is 138 Å². The van der Waals surface area contributed by atoms with E-state index >= 15 is 0 Å². The van der Waals surface area contributed by atoms with Crippen LogP contribution in [0.25, 0.3) is 0 Å². The van der Waals surface area contributed by atoms with Crippen molar-refractivity contribution < 1.29 is 9.18 Å². The summed E-state index contributed by atoms with van der Waals surface area (Å²) >= 11 is 5.81. The topological polar surface area (TPSA) is 51.1 Å². The SMILES string of the molecule is CC(CCc1ccccc1F)C(=O)Nc1cc(Cl)c(=O)n(C)c1. The van der Waals surface area contributed by atoms with Crippen molar-refractivity contribution in [2.45, 2.75) is 19.8 Å². The van der Waals surface area contributed by atoms with E-state index < -0.39 is 0 Å². The molecule has 1 unspecified atom stereocenters. The van der Waals surface area contributed by atoms with Gasteiger partial charge < -0.3 is 9.88 Å². The largest absolute Gasteiger partial charge is 0.325 e. The minimum absolute atomic E-state index is 0.0457. The molecule has 2 rings (SSSR count). The molecule has 0 fully saturated rings. The third-order valence-corrected chi connectivity index (χ3v) is 3.93. The third kappa shape index (κ3) is 4.42. The van der Waals surface area contributed by atoms with Crippen LogP contribution < -0.4 is 10.9 Å². The van der Waals surface area contributed by atoms with Gasteiger partial charge in [0.2, 0.25) is 5.91 Å². The Hall–Kier alpha value is -2.14. The van der Waals surface area contributed by atoms with Gasteiger partial charge in [0.05, 0.1) is 5.69 Å². The quantitative estimate of drug-likeness (QED) is 0.910. The third-order valence-electron chi connectivity index (χ3n) is 3.66. The molecule has 2 aromatic rings. The highest BCUT2D eigenvalue weighted by Gasteiger charge is 2.15. The normalized spacial score (nSPS) is 12.0. The molecule has 1 atom stereocenters. The Morgan fingerprint density at radius 3 is 2.74 bits per heavy atom. The average Bonchev–Trinajstić information content (AvgIpc) is 2.51. The van der Waals surface area contributed by atoms with Crippen molar-refractivity contribution in [3.05, 3.63) is 63.3 Å². The van der Waals surface area contributed by atoms with E-state index in [0.29, 0.717) is 24.1 Å². The summed E-state index contributed by atoms with van der Waals surface area (Å²) in [5, 5.41) is 2.77. The number of hydrogen-bond acceptors (Lipinski definition) is 2. The summed E-state index contributed by atoms with van der Waals surface area (Å²) in [5.41, 5.74) is 0.731. The highest BCUT2D eigenvalue weighted by Crippen LogP contribution is 2.16. The molecule has 122 valence electrons. The van der Waals surface area contributed by atoms with Crippen LogP contribution in [0.15, 0.2) is 41.3 Å². The van der Waals surface area contributed by atoms with Crippen LogP contribution in [0.1, 0.15) is 18.9 Å². The number of aryl methyl sites for hydroxylation is 2. The van der Waals surface area contributed by atoms with Crippen molar-refractivity contribution in [1.29, 1.82) is 0 Å². The molecule has 23 heavy (non-hydrogen) atoms. The highest BCUT2D eigenvalue weighted by molar-refractivity contribution is 6.30. The second-order valence-corrected chi connectivity index (χ2v) is 5.92. The Kier molecular flexibility index (Phi) is 5.55. The lowest BCUT2D eigenvalue weighted by Gasteiger charge is -2.13. The number of rotatable bonds is 5. The molecule has 0 spiro atoms. The number of carbonyl (C=O) groups excluding carboxylic acids is 1. The lowest BCUT2D eigenvalue weighted by molar-refractivity contribution is -0.119. The van der Waals surface area contributed by atoms with Crippen LogP contribution in [0.4, 0.5) is 10.1 Å². The molecular formula is C17H18ClFN2O2. The average molecular weight is 337 g/mol. The number of benzene rings is 1. The van der Waals surface area contributed by atoms with E-state index in [1.165, 1.54) is 22.9 Å². The molecular weight excluding hydrogens is 319 g/mol. The molecule has 1 amide bonds. The summed E-state index contributed by atoms with van der Waals surface area (Å²) in [6.45, 7) is 1.78. The predicted molar refractivity (Wildman–Crippen MR) is 89.2 cm³/mol. The fraction of sp³-hybridized carbons (Fsp3) is 0.294. The van der Waals surface area contributed by atoms with Crippen molar-refractivity contribution in [2.24, 2.45) is 13.0 Å². The summed E-state index contributed by atoms with van der Waals surface area (Å²) in [4.78, 5) is 23.7. The van der Waals surface area contributed by atoms with Crippen LogP contribution >= 0.6 is 11.6 Å². The molecule has 0 aliphatic carbocycles. The van der Waals surface area contributed by atoms with Crippen molar-refractivity contribution >= 4 is 23.2 Å². The second kappa shape index (κ2) is 7.42. The summed E-state index contributed by atoms with van der Waals surface area (Å²) < 4.78 is 14.9. The smallest absolute Gasteiger partial charge is 0.269 e. The molecule has 6 heteroatoms. The van der Waals surface area contributed by atoms with Crippen molar-refractivity contribution in [3.8, 4) is 0 Å². The Bertz CT molecular complexity index is 747. The van der Waals surface area contributed by atoms with Crippen LogP contribution in [-0.4, -0.2) is 10.5 Å². The molecule has 0 bridgehead atoms. The summed E-state index contributed by atoms with van der Waals surface area (Å²) in [7, 11) is 1.56. The zero-order valence-electron chi connectivity index (χ0n) is 13.0. The van der Waals surface area contributed by atoms with Gasteiger partial charge in [0, 0.05) is 19.2 Å². The molecule has 0 aliphatic heterocycles. The van der Waals surface area contributed by atoms with Gasteiger partial charge in [-0.05, 0) is 30.5 Å². The van der Waals surface area contributed by atoms with Crippen LogP contribution in [0, 0.1) is 11.7 Å². The summed E-state index contributed by atoms with van der Waals surface area (Å²) in [5.74, 6) is -0.758. The number of halogens is 2. The van der Waals surface area contributed by atoms with Crippen molar-refractivity contribution in [1.82, 2.24) is 4.57 Å². The zero-order chi connectivity index (χ0) is 17.0. The molecule has 1 N–H and O–H groups in total. The minimum atomic E-state index is -0.322. The number of nitrogens with zero attached hydrogens (tertiary/aromatic N) is 1. The van der Waals surface area contributed by atoms with Crippen LogP contribution in [-0.2, 0) is 18.3 Å². The fourth-order valence-electron chi connectivity index (χ4n) is 2.21. The van der Waals surface area contributed by atoms with Crippen LogP contribution in [0.2, 0.25) is 5.02 Å². The molecule has 0 aliphatic rings. The lowest BCUT2D eigenvalue weighted by Crippen LogP contribution is -2.23. The maximum Gasteiger partial charge on any atom is 0.269 e. The first-order valence-electron chi connectivity index (χ1n) is 7.29. The maximum absolute atomic E-state index is 13.6. The summed E-state index contributed by atoms with van der Waals surface area (Å²) in [6, 6.07) is 7.96. The zero-order valence-corrected chi connectivity index (χ0v) is 13.7. The van der Waals surface area contributed by atoms with Gasteiger partial charge in [-0.2, -0.15) is 0 Å². The first-order chi connectivity index (χ1) is 10.9. The molecule has 4 nitrogen and oxygen atoms in total. The Balaban J connectivity index is 1.98. The van der Waals surface area contributed by atoms with Gasteiger partial charge in [0.15, 0.2) is 0 Å². The molecule has 0 radical (unpaired) electrons. The fourth-order valence-corrected chi connectivity index (χ4v) is 2.46. The lowest BCUT2D eigenvalue weighted by atomic mass is 10.00. The molecule has 0 saturated heterocycles. The monoisotopic (exact) mass is 336 g/mol. The van der Waals surface area contributed by atoms with E-state index in [9.17, 15) is 14.0 Å². The van der Waals surface area contributed by atoms with Gasteiger partial charge in [-0.1, -0.05) is 36.7 Å². The van der Waals surface area contributed by atoms with Gasteiger partial charge in [-0.15, -0.1) is 0 Å².